The average molecular weight is 438 g/mol. The minimum Gasteiger partial charge on any atom is -0.507 e. The molecule has 2 aromatic carbocycles. The molecule has 7 heteroatoms. The molecular weight excluding hydrogens is 418 g/mol. The van der Waals surface area contributed by atoms with Crippen LogP contribution in [0.1, 0.15) is 28.5 Å². The van der Waals surface area contributed by atoms with Gasteiger partial charge in [0.1, 0.15) is 23.3 Å². The number of benzene rings is 2. The fourth-order valence-corrected chi connectivity index (χ4v) is 3.96. The summed E-state index contributed by atoms with van der Waals surface area (Å²) in [5.74, 6) is -1.21. The summed E-state index contributed by atoms with van der Waals surface area (Å²) in [5.41, 5.74) is 2.31. The highest BCUT2D eigenvalue weighted by Crippen LogP contribution is 2.44. The van der Waals surface area contributed by atoms with Gasteiger partial charge in [-0.05, 0) is 55.8 Å². The Balaban J connectivity index is 1.99. The Morgan fingerprint density at radius 2 is 1.90 bits per heavy atom. The van der Waals surface area contributed by atoms with Crippen LogP contribution in [0.15, 0.2) is 64.8 Å². The molecule has 1 aliphatic heterocycles. The first-order valence-electron chi connectivity index (χ1n) is 9.59. The molecule has 1 unspecified atom stereocenters. The number of carbonyl (C=O) groups excluding carboxylic acids is 2. The normalized spacial score (nSPS) is 17.9. The number of carbonyl (C=O) groups is 2. The van der Waals surface area contributed by atoms with Crippen LogP contribution in [-0.4, -0.2) is 23.9 Å². The van der Waals surface area contributed by atoms with Crippen LogP contribution in [0.2, 0.25) is 5.02 Å². The summed E-state index contributed by atoms with van der Waals surface area (Å²) in [7, 11) is 1.47. The van der Waals surface area contributed by atoms with E-state index in [1.807, 2.05) is 19.9 Å². The lowest BCUT2D eigenvalue weighted by Crippen LogP contribution is -2.30. The number of methoxy groups -OCH3 is 1. The smallest absolute Gasteiger partial charge is 0.300 e. The molecule has 3 aromatic rings. The topological polar surface area (TPSA) is 80.0 Å². The van der Waals surface area contributed by atoms with Crippen molar-refractivity contribution in [2.45, 2.75) is 19.9 Å². The molecule has 6 nitrogen and oxygen atoms in total. The van der Waals surface area contributed by atoms with Crippen molar-refractivity contribution in [1.82, 2.24) is 0 Å². The number of aliphatic hydroxyl groups is 1. The molecule has 0 radical (unpaired) electrons. The summed E-state index contributed by atoms with van der Waals surface area (Å²) >= 11 is 6.18. The van der Waals surface area contributed by atoms with E-state index >= 15 is 0 Å². The van der Waals surface area contributed by atoms with E-state index in [9.17, 15) is 14.7 Å². The number of aliphatic hydroxyl groups excluding tert-OH is 1. The fourth-order valence-electron chi connectivity index (χ4n) is 3.79. The van der Waals surface area contributed by atoms with Crippen LogP contribution in [-0.2, 0) is 9.59 Å². The number of rotatable bonds is 4. The highest BCUT2D eigenvalue weighted by atomic mass is 35.5. The van der Waals surface area contributed by atoms with Gasteiger partial charge in [-0.1, -0.05) is 29.3 Å². The molecular formula is C24H20ClNO5. The zero-order valence-electron chi connectivity index (χ0n) is 17.2. The zero-order valence-corrected chi connectivity index (χ0v) is 17.9. The van der Waals surface area contributed by atoms with Gasteiger partial charge in [0.15, 0.2) is 0 Å². The Kier molecular flexibility index (Phi) is 5.33. The number of hydrogen-bond donors (Lipinski definition) is 1. The molecule has 1 N–H and O–H groups in total. The lowest BCUT2D eigenvalue weighted by atomic mass is 9.97. The number of furan rings is 1. The maximum atomic E-state index is 13.2. The predicted octanol–water partition coefficient (Wildman–Crippen LogP) is 5.18. The summed E-state index contributed by atoms with van der Waals surface area (Å²) < 4.78 is 10.9. The number of Topliss-reactive ketones (excluding diaryl/α,β-unsaturated/α-hetero) is 1. The fraction of sp³-hybridized carbons (Fsp3) is 0.167. The van der Waals surface area contributed by atoms with Gasteiger partial charge in [-0.2, -0.15) is 0 Å². The van der Waals surface area contributed by atoms with Crippen molar-refractivity contribution in [3.63, 3.8) is 0 Å². The molecule has 0 saturated carbocycles. The van der Waals surface area contributed by atoms with Crippen LogP contribution < -0.4 is 9.64 Å². The molecule has 0 spiro atoms. The zero-order chi connectivity index (χ0) is 22.3. The first-order chi connectivity index (χ1) is 14.8. The number of hydrogen-bond acceptors (Lipinski definition) is 5. The van der Waals surface area contributed by atoms with E-state index < -0.39 is 17.7 Å². The Bertz CT molecular complexity index is 1210. The third-order valence-corrected chi connectivity index (χ3v) is 5.53. The van der Waals surface area contributed by atoms with Crippen LogP contribution in [0.5, 0.6) is 5.75 Å². The summed E-state index contributed by atoms with van der Waals surface area (Å²) in [5, 5.41) is 11.7. The molecule has 31 heavy (non-hydrogen) atoms. The quantitative estimate of drug-likeness (QED) is 0.345. The molecule has 158 valence electrons. The van der Waals surface area contributed by atoms with E-state index in [0.29, 0.717) is 27.8 Å². The summed E-state index contributed by atoms with van der Waals surface area (Å²) in [6.07, 6.45) is 1.45. The van der Waals surface area contributed by atoms with Crippen LogP contribution in [0.4, 0.5) is 5.69 Å². The molecule has 0 bridgehead atoms. The standard InChI is InChI=1S/C24H20ClNO5/c1-13-6-9-18(30-3)16(11-13)22(27)20-21(19-5-4-10-31-19)26(24(29)23(20)28)17-12-15(25)8-7-14(17)2/h4-12,21,27H,1-3H3/b22-20-. The monoisotopic (exact) mass is 437 g/mol. The van der Waals surface area contributed by atoms with Crippen LogP contribution in [0, 0.1) is 13.8 Å². The number of aryl methyl sites for hydroxylation is 2. The largest absolute Gasteiger partial charge is 0.507 e. The maximum Gasteiger partial charge on any atom is 0.300 e. The third-order valence-electron chi connectivity index (χ3n) is 5.30. The average Bonchev–Trinajstić information content (AvgIpc) is 3.36. The molecule has 1 fully saturated rings. The number of amides is 1. The van der Waals surface area contributed by atoms with Crippen molar-refractivity contribution in [2.75, 3.05) is 12.0 Å². The second kappa shape index (κ2) is 7.96. The lowest BCUT2D eigenvalue weighted by molar-refractivity contribution is -0.132. The van der Waals surface area contributed by atoms with Crippen molar-refractivity contribution in [3.05, 3.63) is 87.8 Å². The van der Waals surface area contributed by atoms with Gasteiger partial charge < -0.3 is 14.3 Å². The van der Waals surface area contributed by atoms with E-state index in [0.717, 1.165) is 11.1 Å². The molecule has 0 aliphatic carbocycles. The van der Waals surface area contributed by atoms with Crippen LogP contribution in [0.3, 0.4) is 0 Å². The van der Waals surface area contributed by atoms with Crippen molar-refractivity contribution < 1.29 is 23.8 Å². The molecule has 1 atom stereocenters. The number of halogens is 1. The number of ether oxygens (including phenoxy) is 1. The van der Waals surface area contributed by atoms with Crippen molar-refractivity contribution >= 4 is 34.7 Å². The van der Waals surface area contributed by atoms with Gasteiger partial charge in [-0.25, -0.2) is 0 Å². The summed E-state index contributed by atoms with van der Waals surface area (Å²) in [6.45, 7) is 3.67. The Labute approximate surface area is 184 Å². The second-order valence-electron chi connectivity index (χ2n) is 7.32. The molecule has 1 aliphatic rings. The van der Waals surface area contributed by atoms with Crippen molar-refractivity contribution in [1.29, 1.82) is 0 Å². The molecule has 1 saturated heterocycles. The van der Waals surface area contributed by atoms with E-state index in [2.05, 4.69) is 0 Å². The minimum atomic E-state index is -0.961. The second-order valence-corrected chi connectivity index (χ2v) is 7.76. The SMILES string of the molecule is COc1ccc(C)cc1/C(O)=C1/C(=O)C(=O)N(c2cc(Cl)ccc2C)C1c1ccco1. The minimum absolute atomic E-state index is 0.0803. The highest BCUT2D eigenvalue weighted by Gasteiger charge is 2.49. The third kappa shape index (κ3) is 3.49. The van der Waals surface area contributed by atoms with Crippen molar-refractivity contribution in [3.8, 4) is 5.75 Å². The van der Waals surface area contributed by atoms with E-state index in [4.69, 9.17) is 20.8 Å². The van der Waals surface area contributed by atoms with Gasteiger partial charge in [0, 0.05) is 10.7 Å². The Morgan fingerprint density at radius 1 is 1.13 bits per heavy atom. The van der Waals surface area contributed by atoms with Gasteiger partial charge in [-0.3, -0.25) is 14.5 Å². The summed E-state index contributed by atoms with van der Waals surface area (Å²) in [6, 6.07) is 12.7. The molecule has 1 aromatic heterocycles. The first-order valence-corrected chi connectivity index (χ1v) is 9.97. The van der Waals surface area contributed by atoms with Gasteiger partial charge in [-0.15, -0.1) is 0 Å². The number of nitrogens with zero attached hydrogens (tertiary/aromatic N) is 1. The number of ketones is 1. The van der Waals surface area contributed by atoms with Crippen LogP contribution in [0.25, 0.3) is 5.76 Å². The van der Waals surface area contributed by atoms with Gasteiger partial charge in [0.05, 0.1) is 24.5 Å². The molecule has 2 heterocycles. The number of anilines is 1. The first kappa shape index (κ1) is 20.8. The van der Waals surface area contributed by atoms with E-state index in [1.165, 1.54) is 18.3 Å². The molecule has 4 rings (SSSR count). The van der Waals surface area contributed by atoms with E-state index in [-0.39, 0.29) is 11.3 Å². The Hall–Kier alpha value is -3.51. The van der Waals surface area contributed by atoms with Gasteiger partial charge >= 0.3 is 0 Å². The molecule has 1 amide bonds. The highest BCUT2D eigenvalue weighted by molar-refractivity contribution is 6.52. The van der Waals surface area contributed by atoms with Gasteiger partial charge in [0.2, 0.25) is 0 Å². The van der Waals surface area contributed by atoms with Crippen molar-refractivity contribution in [2.24, 2.45) is 0 Å². The predicted molar refractivity (Wildman–Crippen MR) is 117 cm³/mol. The van der Waals surface area contributed by atoms with Gasteiger partial charge in [0.25, 0.3) is 11.7 Å². The van der Waals surface area contributed by atoms with E-state index in [1.54, 1.807) is 42.5 Å². The maximum absolute atomic E-state index is 13.2. The Morgan fingerprint density at radius 3 is 2.58 bits per heavy atom. The summed E-state index contributed by atoms with van der Waals surface area (Å²) in [4.78, 5) is 27.6. The van der Waals surface area contributed by atoms with Crippen LogP contribution >= 0.6 is 11.6 Å². The lowest BCUT2D eigenvalue weighted by Gasteiger charge is -2.25.